The molecule has 21 heavy (non-hydrogen) atoms. The number of carbonyl (C=O) groups is 1. The van der Waals surface area contributed by atoms with E-state index in [1.165, 1.54) is 0 Å². The van der Waals surface area contributed by atoms with Crippen molar-refractivity contribution in [2.45, 2.75) is 38.7 Å². The van der Waals surface area contributed by atoms with Crippen LogP contribution in [-0.4, -0.2) is 36.5 Å². The van der Waals surface area contributed by atoms with Crippen LogP contribution in [0.2, 0.25) is 0 Å². The Bertz CT molecular complexity index is 424. The summed E-state index contributed by atoms with van der Waals surface area (Å²) >= 11 is 0. The van der Waals surface area contributed by atoms with Crippen molar-refractivity contribution in [2.75, 3.05) is 19.6 Å². The molecule has 2 N–H and O–H groups in total. The average Bonchev–Trinajstić information content (AvgIpc) is 2.54. The van der Waals surface area contributed by atoms with Crippen LogP contribution in [-0.2, 0) is 4.79 Å². The number of ether oxygens (including phenoxy) is 1. The lowest BCUT2D eigenvalue weighted by molar-refractivity contribution is -0.134. The molecule has 0 aliphatic carbocycles. The highest BCUT2D eigenvalue weighted by molar-refractivity contribution is 5.76. The maximum Gasteiger partial charge on any atom is 0.222 e. The molecule has 0 bridgehead atoms. The van der Waals surface area contributed by atoms with Gasteiger partial charge in [0.1, 0.15) is 11.9 Å². The van der Waals surface area contributed by atoms with Crippen molar-refractivity contribution in [3.8, 4) is 5.75 Å². The maximum absolute atomic E-state index is 12.2. The highest BCUT2D eigenvalue weighted by Crippen LogP contribution is 2.20. The van der Waals surface area contributed by atoms with Crippen LogP contribution in [0.25, 0.3) is 0 Å². The fraction of sp³-hybridized carbons (Fsp3) is 0.588. The summed E-state index contributed by atoms with van der Waals surface area (Å²) in [6.45, 7) is 4.26. The minimum Gasteiger partial charge on any atom is -0.490 e. The van der Waals surface area contributed by atoms with Crippen LogP contribution >= 0.6 is 0 Å². The van der Waals surface area contributed by atoms with Gasteiger partial charge in [-0.2, -0.15) is 0 Å². The number of hydrogen-bond acceptors (Lipinski definition) is 3. The Hall–Kier alpha value is -1.55. The SMILES string of the molecule is CCC(CN)CC(=O)N1CCC(Oc2ccccc2)CC1. The zero-order valence-electron chi connectivity index (χ0n) is 12.8. The molecular formula is C17H26N2O2. The number of likely N-dealkylation sites (tertiary alicyclic amines) is 1. The lowest BCUT2D eigenvalue weighted by Gasteiger charge is -2.33. The molecule has 4 heteroatoms. The molecule has 0 spiro atoms. The zero-order chi connectivity index (χ0) is 15.1. The minimum absolute atomic E-state index is 0.216. The highest BCUT2D eigenvalue weighted by atomic mass is 16.5. The number of para-hydroxylation sites is 1. The second-order valence-corrected chi connectivity index (χ2v) is 5.73. The van der Waals surface area contributed by atoms with E-state index in [0.717, 1.165) is 38.1 Å². The molecule has 1 heterocycles. The fourth-order valence-corrected chi connectivity index (χ4v) is 2.68. The first-order chi connectivity index (χ1) is 10.2. The molecule has 0 aromatic heterocycles. The number of rotatable bonds is 6. The van der Waals surface area contributed by atoms with Gasteiger partial charge in [0, 0.05) is 32.4 Å². The highest BCUT2D eigenvalue weighted by Gasteiger charge is 2.24. The van der Waals surface area contributed by atoms with Crippen LogP contribution < -0.4 is 10.5 Å². The van der Waals surface area contributed by atoms with Gasteiger partial charge in [-0.3, -0.25) is 4.79 Å². The molecule has 4 nitrogen and oxygen atoms in total. The predicted molar refractivity (Wildman–Crippen MR) is 84.1 cm³/mol. The number of carbonyl (C=O) groups excluding carboxylic acids is 1. The van der Waals surface area contributed by atoms with E-state index in [1.54, 1.807) is 0 Å². The van der Waals surface area contributed by atoms with Gasteiger partial charge in [-0.05, 0) is 24.6 Å². The molecule has 1 amide bonds. The lowest BCUT2D eigenvalue weighted by atomic mass is 10.0. The molecule has 1 aliphatic heterocycles. The van der Waals surface area contributed by atoms with Gasteiger partial charge in [-0.1, -0.05) is 31.5 Å². The van der Waals surface area contributed by atoms with E-state index in [9.17, 15) is 4.79 Å². The van der Waals surface area contributed by atoms with Crippen LogP contribution in [0.3, 0.4) is 0 Å². The summed E-state index contributed by atoms with van der Waals surface area (Å²) in [6, 6.07) is 9.89. The van der Waals surface area contributed by atoms with Crippen molar-refractivity contribution >= 4 is 5.91 Å². The van der Waals surface area contributed by atoms with Crippen LogP contribution in [0, 0.1) is 5.92 Å². The van der Waals surface area contributed by atoms with Crippen molar-refractivity contribution in [1.82, 2.24) is 4.90 Å². The van der Waals surface area contributed by atoms with Crippen LogP contribution in [0.15, 0.2) is 30.3 Å². The average molecular weight is 290 g/mol. The van der Waals surface area contributed by atoms with E-state index < -0.39 is 0 Å². The lowest BCUT2D eigenvalue weighted by Crippen LogP contribution is -2.42. The molecule has 1 unspecified atom stereocenters. The fourth-order valence-electron chi connectivity index (χ4n) is 2.68. The van der Waals surface area contributed by atoms with Crippen molar-refractivity contribution < 1.29 is 9.53 Å². The first-order valence-electron chi connectivity index (χ1n) is 7.92. The largest absolute Gasteiger partial charge is 0.490 e. The first-order valence-corrected chi connectivity index (χ1v) is 7.92. The van der Waals surface area contributed by atoms with Gasteiger partial charge in [0.05, 0.1) is 0 Å². The topological polar surface area (TPSA) is 55.6 Å². The summed E-state index contributed by atoms with van der Waals surface area (Å²) in [5, 5.41) is 0. The van der Waals surface area contributed by atoms with Crippen molar-refractivity contribution in [2.24, 2.45) is 11.7 Å². The monoisotopic (exact) mass is 290 g/mol. The van der Waals surface area contributed by atoms with Crippen LogP contribution in [0.4, 0.5) is 0 Å². The van der Waals surface area contributed by atoms with Crippen molar-refractivity contribution in [3.05, 3.63) is 30.3 Å². The van der Waals surface area contributed by atoms with Gasteiger partial charge in [-0.15, -0.1) is 0 Å². The summed E-state index contributed by atoms with van der Waals surface area (Å²) < 4.78 is 5.95. The Morgan fingerprint density at radius 2 is 2.00 bits per heavy atom. The van der Waals surface area contributed by atoms with Gasteiger partial charge in [0.25, 0.3) is 0 Å². The van der Waals surface area contributed by atoms with Crippen molar-refractivity contribution in [1.29, 1.82) is 0 Å². The summed E-state index contributed by atoms with van der Waals surface area (Å²) in [5.74, 6) is 1.47. The minimum atomic E-state index is 0.216. The van der Waals surface area contributed by atoms with E-state index in [1.807, 2.05) is 35.2 Å². The normalized spacial score (nSPS) is 17.5. The summed E-state index contributed by atoms with van der Waals surface area (Å²) in [7, 11) is 0. The second-order valence-electron chi connectivity index (χ2n) is 5.73. The summed E-state index contributed by atoms with van der Waals surface area (Å²) in [4.78, 5) is 14.2. The third-order valence-corrected chi connectivity index (χ3v) is 4.21. The van der Waals surface area contributed by atoms with E-state index in [2.05, 4.69) is 6.92 Å². The molecule has 1 aliphatic rings. The van der Waals surface area contributed by atoms with Gasteiger partial charge >= 0.3 is 0 Å². The molecule has 2 rings (SSSR count). The predicted octanol–water partition coefficient (Wildman–Crippen LogP) is 2.43. The molecule has 1 saturated heterocycles. The van der Waals surface area contributed by atoms with Gasteiger partial charge < -0.3 is 15.4 Å². The first kappa shape index (κ1) is 15.8. The van der Waals surface area contributed by atoms with E-state index >= 15 is 0 Å². The standard InChI is InChI=1S/C17H26N2O2/c1-2-14(13-18)12-17(20)19-10-8-16(9-11-19)21-15-6-4-3-5-7-15/h3-7,14,16H,2,8-13,18H2,1H3. The second kappa shape index (κ2) is 8.03. The molecule has 0 radical (unpaired) electrons. The third-order valence-electron chi connectivity index (χ3n) is 4.21. The molecule has 1 fully saturated rings. The molecule has 1 aromatic rings. The third kappa shape index (κ3) is 4.74. The van der Waals surface area contributed by atoms with Gasteiger partial charge in [-0.25, -0.2) is 0 Å². The Morgan fingerprint density at radius 1 is 1.33 bits per heavy atom. The quantitative estimate of drug-likeness (QED) is 0.875. The van der Waals surface area contributed by atoms with Gasteiger partial charge in [0.2, 0.25) is 5.91 Å². The van der Waals surface area contributed by atoms with Crippen molar-refractivity contribution in [3.63, 3.8) is 0 Å². The number of benzene rings is 1. The summed E-state index contributed by atoms with van der Waals surface area (Å²) in [5.41, 5.74) is 5.68. The Labute approximate surface area is 127 Å². The number of nitrogens with zero attached hydrogens (tertiary/aromatic N) is 1. The smallest absolute Gasteiger partial charge is 0.222 e. The number of amides is 1. The van der Waals surface area contributed by atoms with Gasteiger partial charge in [0.15, 0.2) is 0 Å². The number of piperidine rings is 1. The molecule has 116 valence electrons. The Balaban J connectivity index is 1.76. The van der Waals surface area contributed by atoms with Crippen LogP contribution in [0.1, 0.15) is 32.6 Å². The Morgan fingerprint density at radius 3 is 2.57 bits per heavy atom. The zero-order valence-corrected chi connectivity index (χ0v) is 12.8. The molecular weight excluding hydrogens is 264 g/mol. The summed E-state index contributed by atoms with van der Waals surface area (Å²) in [6.07, 6.45) is 3.57. The maximum atomic E-state index is 12.2. The van der Waals surface area contributed by atoms with Crippen LogP contribution in [0.5, 0.6) is 5.75 Å². The number of nitrogens with two attached hydrogens (primary N) is 1. The Kier molecular flexibility index (Phi) is 6.05. The molecule has 1 aromatic carbocycles. The molecule has 1 atom stereocenters. The van der Waals surface area contributed by atoms with E-state index in [-0.39, 0.29) is 12.0 Å². The van der Waals surface area contributed by atoms with E-state index in [0.29, 0.717) is 18.9 Å². The number of hydrogen-bond donors (Lipinski definition) is 1. The van der Waals surface area contributed by atoms with E-state index in [4.69, 9.17) is 10.5 Å². The molecule has 0 saturated carbocycles.